The van der Waals surface area contributed by atoms with Gasteiger partial charge < -0.3 is 14.9 Å². The van der Waals surface area contributed by atoms with Gasteiger partial charge in [0.1, 0.15) is 0 Å². The number of benzene rings is 1. The fraction of sp³-hybridized carbons (Fsp3) is 0.682. The highest BCUT2D eigenvalue weighted by Crippen LogP contribution is 2.39. The van der Waals surface area contributed by atoms with Crippen LogP contribution in [0.15, 0.2) is 30.3 Å². The van der Waals surface area contributed by atoms with Gasteiger partial charge in [-0.2, -0.15) is 0 Å². The predicted octanol–water partition coefficient (Wildman–Crippen LogP) is 3.44. The van der Waals surface area contributed by atoms with Crippen molar-refractivity contribution in [2.75, 3.05) is 32.8 Å². The van der Waals surface area contributed by atoms with Gasteiger partial charge in [0.2, 0.25) is 5.91 Å². The second kappa shape index (κ2) is 9.52. The molecule has 0 aliphatic carbocycles. The first-order valence-corrected chi connectivity index (χ1v) is 10.4. The number of nitrogens with zero attached hydrogens (tertiary/aromatic N) is 2. The molecule has 26 heavy (non-hydrogen) atoms. The van der Waals surface area contributed by atoms with Crippen molar-refractivity contribution in [3.8, 4) is 0 Å². The summed E-state index contributed by atoms with van der Waals surface area (Å²) >= 11 is 0. The third-order valence-electron chi connectivity index (χ3n) is 6.09. The summed E-state index contributed by atoms with van der Waals surface area (Å²) in [4.78, 5) is 17.2. The van der Waals surface area contributed by atoms with E-state index in [1.54, 1.807) is 0 Å². The van der Waals surface area contributed by atoms with E-state index in [2.05, 4.69) is 34.1 Å². The van der Waals surface area contributed by atoms with Crippen LogP contribution >= 0.6 is 0 Å². The molecule has 4 heteroatoms. The molecule has 0 aromatic heterocycles. The molecule has 0 radical (unpaired) electrons. The van der Waals surface area contributed by atoms with E-state index in [0.717, 1.165) is 38.9 Å². The van der Waals surface area contributed by atoms with Crippen molar-refractivity contribution in [1.29, 1.82) is 0 Å². The Morgan fingerprint density at radius 3 is 2.62 bits per heavy atom. The van der Waals surface area contributed by atoms with Crippen molar-refractivity contribution in [2.45, 2.75) is 57.9 Å². The average molecular weight is 359 g/mol. The lowest BCUT2D eigenvalue weighted by Gasteiger charge is -2.48. The van der Waals surface area contributed by atoms with Crippen molar-refractivity contribution in [3.05, 3.63) is 35.9 Å². The van der Waals surface area contributed by atoms with Crippen molar-refractivity contribution >= 4 is 5.91 Å². The number of likely N-dealkylation sites (tertiary alicyclic amines) is 2. The second-order valence-electron chi connectivity index (χ2n) is 8.25. The maximum absolute atomic E-state index is 12.5. The highest BCUT2D eigenvalue weighted by atomic mass is 16.2. The Kier molecular flexibility index (Phi) is 7.09. The summed E-state index contributed by atoms with van der Waals surface area (Å²) < 4.78 is 0. The minimum atomic E-state index is 0.298. The smallest absolute Gasteiger partial charge is 0.222 e. The molecule has 1 N–H and O–H groups in total. The van der Waals surface area contributed by atoms with Crippen LogP contribution in [-0.2, 0) is 11.3 Å². The molecule has 1 spiro atoms. The first-order chi connectivity index (χ1) is 12.7. The van der Waals surface area contributed by atoms with Gasteiger partial charge in [-0.25, -0.2) is 0 Å². The van der Waals surface area contributed by atoms with Gasteiger partial charge in [0.25, 0.3) is 0 Å². The number of unbranched alkanes of at least 4 members (excludes halogenated alkanes) is 3. The Hall–Kier alpha value is -1.39. The molecule has 0 bridgehead atoms. The monoisotopic (exact) mass is 358 g/mol. The number of piperidine rings is 2. The fourth-order valence-electron chi connectivity index (χ4n) is 4.69. The molecule has 2 fully saturated rings. The van der Waals surface area contributed by atoms with E-state index in [-0.39, 0.29) is 0 Å². The normalized spacial score (nSPS) is 24.3. The standard InChI is InChI=1S/C22H34N2O2/c25-16-7-2-1-6-14-23-15-8-12-22(18-23)13-11-21(26)24(19-22)17-20-9-4-3-5-10-20/h3-5,9-10,25H,1-2,6-8,11-19H2/t22-/m1/s1. The zero-order valence-electron chi connectivity index (χ0n) is 16.0. The average Bonchev–Trinajstić information content (AvgIpc) is 2.66. The Labute approximate surface area is 158 Å². The van der Waals surface area contributed by atoms with Crippen LogP contribution in [0.5, 0.6) is 0 Å². The van der Waals surface area contributed by atoms with Gasteiger partial charge in [-0.05, 0) is 50.8 Å². The fourth-order valence-corrected chi connectivity index (χ4v) is 4.69. The van der Waals surface area contributed by atoms with E-state index in [4.69, 9.17) is 5.11 Å². The quantitative estimate of drug-likeness (QED) is 0.724. The summed E-state index contributed by atoms with van der Waals surface area (Å²) in [5.41, 5.74) is 1.53. The number of aliphatic hydroxyl groups excluding tert-OH is 1. The second-order valence-corrected chi connectivity index (χ2v) is 8.25. The van der Waals surface area contributed by atoms with Crippen LogP contribution in [0.4, 0.5) is 0 Å². The van der Waals surface area contributed by atoms with E-state index in [0.29, 0.717) is 24.3 Å². The van der Waals surface area contributed by atoms with Crippen LogP contribution in [0.2, 0.25) is 0 Å². The minimum Gasteiger partial charge on any atom is -0.396 e. The molecular formula is C22H34N2O2. The van der Waals surface area contributed by atoms with E-state index < -0.39 is 0 Å². The SMILES string of the molecule is O=C1CC[C@@]2(CCCN(CCCCCCO)C2)CN1Cc1ccccc1. The molecule has 0 saturated carbocycles. The molecule has 2 saturated heterocycles. The number of rotatable bonds is 8. The molecule has 3 rings (SSSR count). The number of hydrogen-bond acceptors (Lipinski definition) is 3. The lowest BCUT2D eigenvalue weighted by Crippen LogP contribution is -2.53. The Balaban J connectivity index is 1.53. The Morgan fingerprint density at radius 1 is 1.00 bits per heavy atom. The molecule has 4 nitrogen and oxygen atoms in total. The topological polar surface area (TPSA) is 43.8 Å². The van der Waals surface area contributed by atoms with Gasteiger partial charge in [-0.15, -0.1) is 0 Å². The summed E-state index contributed by atoms with van der Waals surface area (Å²) in [5, 5.41) is 8.89. The van der Waals surface area contributed by atoms with Gasteiger partial charge in [-0.1, -0.05) is 43.2 Å². The Morgan fingerprint density at radius 2 is 1.81 bits per heavy atom. The molecule has 1 amide bonds. The van der Waals surface area contributed by atoms with Gasteiger partial charge in [0.05, 0.1) is 0 Å². The molecule has 2 aliphatic heterocycles. The van der Waals surface area contributed by atoms with E-state index >= 15 is 0 Å². The summed E-state index contributed by atoms with van der Waals surface area (Å²) in [6.45, 7) is 5.50. The van der Waals surface area contributed by atoms with E-state index in [1.165, 1.54) is 44.3 Å². The third kappa shape index (κ3) is 5.31. The Bertz CT molecular complexity index is 563. The molecule has 2 aliphatic rings. The molecule has 2 heterocycles. The number of hydrogen-bond donors (Lipinski definition) is 1. The van der Waals surface area contributed by atoms with Crippen LogP contribution in [0, 0.1) is 5.41 Å². The van der Waals surface area contributed by atoms with Crippen LogP contribution in [0.25, 0.3) is 0 Å². The van der Waals surface area contributed by atoms with Gasteiger partial charge >= 0.3 is 0 Å². The summed E-state index contributed by atoms with van der Waals surface area (Å²) in [6, 6.07) is 10.4. The number of aliphatic hydroxyl groups is 1. The lowest BCUT2D eigenvalue weighted by atomic mass is 9.73. The minimum absolute atomic E-state index is 0.298. The van der Waals surface area contributed by atoms with Crippen LogP contribution in [-0.4, -0.2) is 53.6 Å². The van der Waals surface area contributed by atoms with E-state index in [1.807, 2.05) is 6.07 Å². The predicted molar refractivity (Wildman–Crippen MR) is 105 cm³/mol. The van der Waals surface area contributed by atoms with Crippen molar-refractivity contribution < 1.29 is 9.90 Å². The molecular weight excluding hydrogens is 324 g/mol. The maximum atomic E-state index is 12.5. The van der Waals surface area contributed by atoms with Crippen LogP contribution in [0.3, 0.4) is 0 Å². The maximum Gasteiger partial charge on any atom is 0.222 e. The number of carbonyl (C=O) groups is 1. The van der Waals surface area contributed by atoms with E-state index in [9.17, 15) is 4.79 Å². The molecule has 1 atom stereocenters. The van der Waals surface area contributed by atoms with Crippen molar-refractivity contribution in [2.24, 2.45) is 5.41 Å². The van der Waals surface area contributed by atoms with Crippen molar-refractivity contribution in [1.82, 2.24) is 9.80 Å². The van der Waals surface area contributed by atoms with Crippen LogP contribution < -0.4 is 0 Å². The number of carbonyl (C=O) groups excluding carboxylic acids is 1. The largest absolute Gasteiger partial charge is 0.396 e. The first-order valence-electron chi connectivity index (χ1n) is 10.4. The lowest BCUT2D eigenvalue weighted by molar-refractivity contribution is -0.140. The van der Waals surface area contributed by atoms with Gasteiger partial charge in [0.15, 0.2) is 0 Å². The third-order valence-corrected chi connectivity index (χ3v) is 6.09. The molecule has 0 unspecified atom stereocenters. The van der Waals surface area contributed by atoms with Gasteiger partial charge in [-0.3, -0.25) is 4.79 Å². The number of amides is 1. The molecule has 1 aromatic rings. The van der Waals surface area contributed by atoms with Crippen molar-refractivity contribution in [3.63, 3.8) is 0 Å². The summed E-state index contributed by atoms with van der Waals surface area (Å²) in [6.07, 6.45) is 8.77. The highest BCUT2D eigenvalue weighted by molar-refractivity contribution is 5.77. The highest BCUT2D eigenvalue weighted by Gasteiger charge is 2.41. The summed E-state index contributed by atoms with van der Waals surface area (Å²) in [7, 11) is 0. The van der Waals surface area contributed by atoms with Gasteiger partial charge in [0, 0.05) is 38.1 Å². The molecule has 1 aromatic carbocycles. The van der Waals surface area contributed by atoms with Crippen LogP contribution in [0.1, 0.15) is 56.9 Å². The molecule has 144 valence electrons. The zero-order chi connectivity index (χ0) is 18.2. The summed E-state index contributed by atoms with van der Waals surface area (Å²) in [5.74, 6) is 0.320. The first kappa shape index (κ1) is 19.4. The zero-order valence-corrected chi connectivity index (χ0v) is 16.0.